The smallest absolute Gasteiger partial charge is 0.143 e. The molecule has 0 aliphatic heterocycles. The number of anilines is 3. The van der Waals surface area contributed by atoms with E-state index in [1.807, 2.05) is 0 Å². The largest absolute Gasteiger partial charge is 0.455 e. The van der Waals surface area contributed by atoms with Crippen LogP contribution in [0, 0.1) is 0 Å². The van der Waals surface area contributed by atoms with Crippen molar-refractivity contribution in [1.82, 2.24) is 0 Å². The summed E-state index contributed by atoms with van der Waals surface area (Å²) in [4.78, 5) is 0.364. The van der Waals surface area contributed by atoms with Gasteiger partial charge in [0.25, 0.3) is 0 Å². The van der Waals surface area contributed by atoms with Crippen LogP contribution < -0.4 is 4.90 Å². The van der Waals surface area contributed by atoms with E-state index in [1.54, 1.807) is 0 Å². The van der Waals surface area contributed by atoms with Crippen LogP contribution >= 0.6 is 0 Å². The van der Waals surface area contributed by atoms with E-state index in [9.17, 15) is 16.4 Å². The summed E-state index contributed by atoms with van der Waals surface area (Å²) in [6.45, 7) is 0. The average molecular weight is 709 g/mol. The van der Waals surface area contributed by atoms with Crippen molar-refractivity contribution >= 4 is 82.5 Å². The van der Waals surface area contributed by atoms with Crippen molar-refractivity contribution in [2.45, 2.75) is 0 Å². The number of nitrogens with zero attached hydrogens (tertiary/aromatic N) is 1. The quantitative estimate of drug-likeness (QED) is 0.178. The lowest BCUT2D eigenvalue weighted by molar-refractivity contribution is 0.666. The highest BCUT2D eigenvalue weighted by Crippen LogP contribution is 2.47. The van der Waals surface area contributed by atoms with E-state index in [-0.39, 0.29) is 0 Å². The standard InChI is InChI=1S/C50H31NO2/c1-2-11-32(12-3-1)34-21-25-37(26-22-34)51(38-27-23-33-13-4-5-15-36(33)29-38)39-30-45(43-19-10-18-42-41-17-8-9-20-47(41)52-49(42)43)50-46(31-39)44-28-24-35-14-6-7-16-40(35)48(44)53-50/h1-31H/i1D,2D,3D,4D,5D,6D,7D,8D,9D,10D,11D,12D,13D,14D,15D,16D,17D,18D,19D,20D,21D,22D,23D,24D,25D,26D,27D,28D,29D,30D,31D. The molecule has 3 heteroatoms. The molecule has 0 saturated heterocycles. The number of hydrogen-bond acceptors (Lipinski definition) is 3. The van der Waals surface area contributed by atoms with Crippen molar-refractivity contribution < 1.29 is 51.3 Å². The summed E-state index contributed by atoms with van der Waals surface area (Å²) in [5.74, 6) is 0. The van der Waals surface area contributed by atoms with E-state index in [1.165, 1.54) is 0 Å². The molecule has 11 aromatic rings. The minimum atomic E-state index is -1.30. The van der Waals surface area contributed by atoms with Crippen LogP contribution in [0.5, 0.6) is 0 Å². The first-order valence-electron chi connectivity index (χ1n) is 31.0. The van der Waals surface area contributed by atoms with Crippen LogP contribution in [0.2, 0.25) is 0 Å². The van der Waals surface area contributed by atoms with E-state index < -0.39 is 292 Å². The summed E-state index contributed by atoms with van der Waals surface area (Å²) in [5.41, 5.74) is -9.97. The Balaban J connectivity index is 1.46. The van der Waals surface area contributed by atoms with Gasteiger partial charge in [0.2, 0.25) is 0 Å². The van der Waals surface area contributed by atoms with E-state index in [0.717, 1.165) is 0 Å². The minimum absolute atomic E-state index is 0.364. The lowest BCUT2D eigenvalue weighted by Crippen LogP contribution is -2.10. The zero-order valence-corrected chi connectivity index (χ0v) is 26.3. The van der Waals surface area contributed by atoms with Gasteiger partial charge in [0.15, 0.2) is 0 Å². The molecule has 0 atom stereocenters. The van der Waals surface area contributed by atoms with Gasteiger partial charge < -0.3 is 13.7 Å². The van der Waals surface area contributed by atoms with Gasteiger partial charge in [0, 0.05) is 55.1 Å². The minimum Gasteiger partial charge on any atom is -0.455 e. The first kappa shape index (κ1) is 12.3. The second-order valence-corrected chi connectivity index (χ2v) is 11.3. The molecule has 0 aliphatic carbocycles. The number of rotatable bonds is 5. The Morgan fingerprint density at radius 3 is 1.85 bits per heavy atom. The van der Waals surface area contributed by atoms with Crippen LogP contribution in [0.25, 0.3) is 87.7 Å². The Labute approximate surface area is 349 Å². The molecule has 0 amide bonds. The highest BCUT2D eigenvalue weighted by Gasteiger charge is 2.23. The normalized spacial score (nSPS) is 20.0. The molecule has 0 bridgehead atoms. The molecular weight excluding hydrogens is 647 g/mol. The highest BCUT2D eigenvalue weighted by atomic mass is 16.3. The molecule has 2 heterocycles. The van der Waals surface area contributed by atoms with Crippen molar-refractivity contribution in [3.63, 3.8) is 0 Å². The molecule has 11 rings (SSSR count). The molecule has 0 spiro atoms. The Morgan fingerprint density at radius 2 is 0.981 bits per heavy atom. The molecule has 248 valence electrons. The first-order chi connectivity index (χ1) is 39.2. The molecule has 0 saturated carbocycles. The van der Waals surface area contributed by atoms with Gasteiger partial charge >= 0.3 is 0 Å². The van der Waals surface area contributed by atoms with Crippen molar-refractivity contribution in [2.75, 3.05) is 4.90 Å². The SMILES string of the molecule is [2H]c1c([2H])c([2H])c(-c2c([2H])c([2H])c(N(c3c([2H])c([2H])c4c([2H])c([2H])c([2H])c([2H])c4c3[2H])c3c([2H])c(-c4c([2H])c([2H])c([2H])c5c4oc4c([2H])c([2H])c([2H])c([2H])c45)c4oc5c6c([2H])c([2H])c([2H])c([2H])c6c([2H])c([2H])c5c4c3[2H])c([2H])c2[2H])c([2H])c1[2H]. The fraction of sp³-hybridized carbons (Fsp3) is 0. The molecule has 0 N–H and O–H groups in total. The van der Waals surface area contributed by atoms with E-state index >= 15 is 0 Å². The average Bonchev–Trinajstić information content (AvgIpc) is 1.54. The zero-order chi connectivity index (χ0) is 61.9. The Morgan fingerprint density at radius 1 is 0.340 bits per heavy atom. The molecule has 0 aliphatic rings. The molecule has 9 aromatic carbocycles. The first-order valence-corrected chi connectivity index (χ1v) is 15.5. The molecule has 3 nitrogen and oxygen atoms in total. The molecule has 53 heavy (non-hydrogen) atoms. The van der Waals surface area contributed by atoms with E-state index in [0.29, 0.717) is 4.90 Å². The van der Waals surface area contributed by atoms with Gasteiger partial charge in [0.05, 0.1) is 42.5 Å². The van der Waals surface area contributed by atoms with Crippen LogP contribution in [-0.4, -0.2) is 0 Å². The lowest BCUT2D eigenvalue weighted by Gasteiger charge is -2.27. The number of para-hydroxylation sites is 2. The third kappa shape index (κ3) is 4.75. The van der Waals surface area contributed by atoms with Gasteiger partial charge in [-0.25, -0.2) is 0 Å². The summed E-state index contributed by atoms with van der Waals surface area (Å²) in [5, 5.41) is -5.31. The van der Waals surface area contributed by atoms with E-state index in [4.69, 9.17) is 34.9 Å². The van der Waals surface area contributed by atoms with Crippen LogP contribution in [0.4, 0.5) is 17.1 Å². The molecular formula is C50H31NO2. The lowest BCUT2D eigenvalue weighted by atomic mass is 9.97. The van der Waals surface area contributed by atoms with Crippen LogP contribution in [0.15, 0.2) is 196 Å². The number of hydrogen-bond donors (Lipinski definition) is 0. The molecule has 0 fully saturated rings. The van der Waals surface area contributed by atoms with Crippen molar-refractivity contribution in [2.24, 2.45) is 0 Å². The molecule has 0 unspecified atom stereocenters. The zero-order valence-electron chi connectivity index (χ0n) is 57.3. The fourth-order valence-corrected chi connectivity index (χ4v) is 5.98. The predicted octanol–water partition coefficient (Wildman–Crippen LogP) is 14.6. The van der Waals surface area contributed by atoms with Crippen LogP contribution in [-0.2, 0) is 0 Å². The maximum absolute atomic E-state index is 10.4. The Hall–Kier alpha value is -7.10. The van der Waals surface area contributed by atoms with Crippen LogP contribution in [0.3, 0.4) is 0 Å². The van der Waals surface area contributed by atoms with Crippen molar-refractivity contribution in [3.8, 4) is 22.3 Å². The summed E-state index contributed by atoms with van der Waals surface area (Å²) in [6, 6.07) is -31.2. The summed E-state index contributed by atoms with van der Waals surface area (Å²) < 4.78 is 293. The Bertz CT molecular complexity index is 4930. The number of furan rings is 2. The maximum atomic E-state index is 10.4. The Kier molecular flexibility index (Phi) is 2.71. The maximum Gasteiger partial charge on any atom is 0.143 e. The van der Waals surface area contributed by atoms with Crippen molar-refractivity contribution in [1.29, 1.82) is 0 Å². The molecule has 0 radical (unpaired) electrons. The summed E-state index contributed by atoms with van der Waals surface area (Å²) in [7, 11) is 0. The fourth-order valence-electron chi connectivity index (χ4n) is 5.98. The second-order valence-electron chi connectivity index (χ2n) is 11.3. The van der Waals surface area contributed by atoms with Crippen LogP contribution in [0.1, 0.15) is 42.5 Å². The topological polar surface area (TPSA) is 29.5 Å². The van der Waals surface area contributed by atoms with Gasteiger partial charge in [-0.05, 0) is 75.6 Å². The summed E-state index contributed by atoms with van der Waals surface area (Å²) in [6.07, 6.45) is 0. The monoisotopic (exact) mass is 708 g/mol. The van der Waals surface area contributed by atoms with Gasteiger partial charge in [-0.15, -0.1) is 0 Å². The van der Waals surface area contributed by atoms with Gasteiger partial charge in [0.1, 0.15) is 22.3 Å². The second kappa shape index (κ2) is 11.7. The van der Waals surface area contributed by atoms with Gasteiger partial charge in [-0.3, -0.25) is 0 Å². The van der Waals surface area contributed by atoms with Crippen molar-refractivity contribution in [3.05, 3.63) is 187 Å². The summed E-state index contributed by atoms with van der Waals surface area (Å²) >= 11 is 0. The van der Waals surface area contributed by atoms with Gasteiger partial charge in [-0.1, -0.05) is 139 Å². The molecule has 2 aromatic heterocycles. The predicted molar refractivity (Wildman–Crippen MR) is 222 cm³/mol. The number of fused-ring (bicyclic) bond motifs is 9. The third-order valence-corrected chi connectivity index (χ3v) is 8.30. The number of benzene rings is 9. The van der Waals surface area contributed by atoms with E-state index in [2.05, 4.69) is 0 Å². The highest BCUT2D eigenvalue weighted by molar-refractivity contribution is 6.20. The van der Waals surface area contributed by atoms with Gasteiger partial charge in [-0.2, -0.15) is 0 Å². The third-order valence-electron chi connectivity index (χ3n) is 8.30.